The lowest BCUT2D eigenvalue weighted by molar-refractivity contribution is 0.112. The van der Waals surface area contributed by atoms with Crippen molar-refractivity contribution in [3.8, 4) is 0 Å². The quantitative estimate of drug-likeness (QED) is 0.806. The van der Waals surface area contributed by atoms with Crippen molar-refractivity contribution in [2.75, 3.05) is 39.3 Å². The summed E-state index contributed by atoms with van der Waals surface area (Å²) in [4.78, 5) is 17.1. The van der Waals surface area contributed by atoms with Crippen LogP contribution in [-0.4, -0.2) is 66.3 Å². The fraction of sp³-hybridized carbons (Fsp3) is 0.682. The number of urea groups is 1. The van der Waals surface area contributed by atoms with Crippen LogP contribution in [0.25, 0.3) is 0 Å². The first-order chi connectivity index (χ1) is 13.1. The Hall–Kier alpha value is -1.59. The summed E-state index contributed by atoms with van der Waals surface area (Å²) in [5, 5.41) is 13.0. The van der Waals surface area contributed by atoms with Gasteiger partial charge in [-0.25, -0.2) is 4.79 Å². The monoisotopic (exact) mass is 373 g/mol. The lowest BCUT2D eigenvalue weighted by atomic mass is 9.81. The first-order valence-electron chi connectivity index (χ1n) is 10.5. The Morgan fingerprint density at radius 2 is 2.00 bits per heavy atom. The van der Waals surface area contributed by atoms with E-state index >= 15 is 0 Å². The number of rotatable bonds is 6. The minimum atomic E-state index is 0.0244. The highest BCUT2D eigenvalue weighted by atomic mass is 16.3. The van der Waals surface area contributed by atoms with E-state index in [1.807, 2.05) is 23.1 Å². The molecule has 0 saturated carbocycles. The van der Waals surface area contributed by atoms with Gasteiger partial charge >= 0.3 is 6.03 Å². The summed E-state index contributed by atoms with van der Waals surface area (Å²) in [6, 6.07) is 10.9. The molecule has 2 aliphatic heterocycles. The normalized spacial score (nSPS) is 26.5. The highest BCUT2D eigenvalue weighted by Gasteiger charge is 2.32. The van der Waals surface area contributed by atoms with Crippen LogP contribution in [-0.2, 0) is 0 Å². The zero-order chi connectivity index (χ0) is 19.2. The Morgan fingerprint density at radius 1 is 1.22 bits per heavy atom. The lowest BCUT2D eigenvalue weighted by Crippen LogP contribution is -2.50. The SMILES string of the molecule is CC(C)CN1CCC[C@@H]1CNC(=O)N1CC[C@@H](c2ccccc2)[C@@H](CO)C1. The van der Waals surface area contributed by atoms with Crippen molar-refractivity contribution in [1.29, 1.82) is 0 Å². The van der Waals surface area contributed by atoms with Crippen molar-refractivity contribution >= 4 is 6.03 Å². The van der Waals surface area contributed by atoms with Gasteiger partial charge in [-0.1, -0.05) is 44.2 Å². The third-order valence-electron chi connectivity index (χ3n) is 6.07. The maximum absolute atomic E-state index is 12.7. The first kappa shape index (κ1) is 20.2. The zero-order valence-corrected chi connectivity index (χ0v) is 16.8. The van der Waals surface area contributed by atoms with Crippen LogP contribution < -0.4 is 5.32 Å². The molecule has 2 aliphatic rings. The van der Waals surface area contributed by atoms with E-state index in [0.717, 1.165) is 32.6 Å². The minimum Gasteiger partial charge on any atom is -0.396 e. The molecule has 3 atom stereocenters. The van der Waals surface area contributed by atoms with Crippen molar-refractivity contribution in [1.82, 2.24) is 15.1 Å². The van der Waals surface area contributed by atoms with Gasteiger partial charge in [0, 0.05) is 44.7 Å². The van der Waals surface area contributed by atoms with E-state index in [0.29, 0.717) is 24.4 Å². The van der Waals surface area contributed by atoms with E-state index in [1.54, 1.807) is 0 Å². The number of hydrogen-bond acceptors (Lipinski definition) is 3. The number of nitrogens with zero attached hydrogens (tertiary/aromatic N) is 2. The molecule has 2 amide bonds. The van der Waals surface area contributed by atoms with Crippen LogP contribution >= 0.6 is 0 Å². The van der Waals surface area contributed by atoms with E-state index in [2.05, 4.69) is 36.2 Å². The van der Waals surface area contributed by atoms with Gasteiger partial charge in [-0.15, -0.1) is 0 Å². The number of aliphatic hydroxyl groups excluding tert-OH is 1. The molecule has 1 aromatic carbocycles. The number of hydrogen-bond donors (Lipinski definition) is 2. The summed E-state index contributed by atoms with van der Waals surface area (Å²) in [5.41, 5.74) is 1.27. The molecule has 0 aromatic heterocycles. The molecule has 27 heavy (non-hydrogen) atoms. The van der Waals surface area contributed by atoms with E-state index in [9.17, 15) is 9.90 Å². The Bertz CT molecular complexity index is 592. The zero-order valence-electron chi connectivity index (χ0n) is 16.8. The van der Waals surface area contributed by atoms with Gasteiger partial charge in [0.05, 0.1) is 0 Å². The van der Waals surface area contributed by atoms with Crippen LogP contribution in [0.15, 0.2) is 30.3 Å². The number of likely N-dealkylation sites (tertiary alicyclic amines) is 2. The number of aliphatic hydroxyl groups is 1. The third-order valence-corrected chi connectivity index (χ3v) is 6.07. The van der Waals surface area contributed by atoms with Gasteiger partial charge in [0.25, 0.3) is 0 Å². The largest absolute Gasteiger partial charge is 0.396 e. The smallest absolute Gasteiger partial charge is 0.317 e. The predicted octanol–water partition coefficient (Wildman–Crippen LogP) is 2.91. The van der Waals surface area contributed by atoms with Gasteiger partial charge in [0.15, 0.2) is 0 Å². The number of amides is 2. The Balaban J connectivity index is 1.51. The lowest BCUT2D eigenvalue weighted by Gasteiger charge is -2.38. The van der Waals surface area contributed by atoms with Crippen molar-refractivity contribution < 1.29 is 9.90 Å². The van der Waals surface area contributed by atoms with Gasteiger partial charge in [-0.2, -0.15) is 0 Å². The van der Waals surface area contributed by atoms with Gasteiger partial charge in [-0.3, -0.25) is 4.90 Å². The highest BCUT2D eigenvalue weighted by Crippen LogP contribution is 2.32. The van der Waals surface area contributed by atoms with Crippen molar-refractivity contribution in [2.24, 2.45) is 11.8 Å². The highest BCUT2D eigenvalue weighted by molar-refractivity contribution is 5.74. The Kier molecular flexibility index (Phi) is 7.13. The molecule has 0 aliphatic carbocycles. The molecule has 2 N–H and O–H groups in total. The number of carbonyl (C=O) groups is 1. The van der Waals surface area contributed by atoms with Crippen molar-refractivity contribution in [2.45, 2.75) is 45.1 Å². The van der Waals surface area contributed by atoms with Crippen LogP contribution in [0.5, 0.6) is 0 Å². The molecule has 1 aromatic rings. The van der Waals surface area contributed by atoms with Crippen LogP contribution in [0.3, 0.4) is 0 Å². The summed E-state index contributed by atoms with van der Waals surface area (Å²) in [7, 11) is 0. The van der Waals surface area contributed by atoms with Gasteiger partial charge in [0.1, 0.15) is 0 Å². The molecular formula is C22H35N3O2. The topological polar surface area (TPSA) is 55.8 Å². The third kappa shape index (κ3) is 5.23. The second-order valence-corrected chi connectivity index (χ2v) is 8.57. The fourth-order valence-corrected chi connectivity index (χ4v) is 4.69. The molecule has 3 rings (SSSR count). The number of piperidine rings is 1. The van der Waals surface area contributed by atoms with Gasteiger partial charge < -0.3 is 15.3 Å². The van der Waals surface area contributed by atoms with Crippen LogP contribution in [0.2, 0.25) is 0 Å². The Morgan fingerprint density at radius 3 is 2.70 bits per heavy atom. The average molecular weight is 374 g/mol. The maximum atomic E-state index is 12.7. The summed E-state index contributed by atoms with van der Waals surface area (Å²) < 4.78 is 0. The predicted molar refractivity (Wildman–Crippen MR) is 109 cm³/mol. The van der Waals surface area contributed by atoms with Gasteiger partial charge in [0.2, 0.25) is 0 Å². The van der Waals surface area contributed by atoms with Crippen LogP contribution in [0.4, 0.5) is 4.79 Å². The molecule has 5 nitrogen and oxygen atoms in total. The van der Waals surface area contributed by atoms with Crippen LogP contribution in [0.1, 0.15) is 44.6 Å². The molecule has 2 heterocycles. The van der Waals surface area contributed by atoms with Gasteiger partial charge in [-0.05, 0) is 43.2 Å². The second kappa shape index (κ2) is 9.56. The molecule has 0 unspecified atom stereocenters. The molecule has 0 bridgehead atoms. The molecule has 2 fully saturated rings. The maximum Gasteiger partial charge on any atom is 0.317 e. The number of nitrogens with one attached hydrogen (secondary N) is 1. The number of carbonyl (C=O) groups excluding carboxylic acids is 1. The van der Waals surface area contributed by atoms with E-state index < -0.39 is 0 Å². The molecule has 5 heteroatoms. The van der Waals surface area contributed by atoms with Crippen LogP contribution in [0, 0.1) is 11.8 Å². The standard InChI is InChI=1S/C22H35N3O2/c1-17(2)14-24-11-6-9-20(24)13-23-22(27)25-12-10-21(19(15-25)16-26)18-7-4-3-5-8-18/h3-5,7-8,17,19-21,26H,6,9-16H2,1-2H3,(H,23,27)/t19-,20-,21+/m1/s1. The average Bonchev–Trinajstić information content (AvgIpc) is 3.12. The van der Waals surface area contributed by atoms with Crippen molar-refractivity contribution in [3.05, 3.63) is 35.9 Å². The van der Waals surface area contributed by atoms with Crippen molar-refractivity contribution in [3.63, 3.8) is 0 Å². The molecule has 0 spiro atoms. The summed E-state index contributed by atoms with van der Waals surface area (Å²) >= 11 is 0. The molecule has 0 radical (unpaired) electrons. The summed E-state index contributed by atoms with van der Waals surface area (Å²) in [6.07, 6.45) is 3.30. The molecule has 2 saturated heterocycles. The molecular weight excluding hydrogens is 338 g/mol. The minimum absolute atomic E-state index is 0.0244. The van der Waals surface area contributed by atoms with E-state index in [-0.39, 0.29) is 18.6 Å². The fourth-order valence-electron chi connectivity index (χ4n) is 4.69. The number of benzene rings is 1. The molecule has 150 valence electrons. The second-order valence-electron chi connectivity index (χ2n) is 8.57. The first-order valence-corrected chi connectivity index (χ1v) is 10.5. The van der Waals surface area contributed by atoms with E-state index in [4.69, 9.17) is 0 Å². The Labute approximate surface area is 163 Å². The summed E-state index contributed by atoms with van der Waals surface area (Å²) in [6.45, 7) is 8.98. The summed E-state index contributed by atoms with van der Waals surface area (Å²) in [5.74, 6) is 1.09. The van der Waals surface area contributed by atoms with E-state index in [1.165, 1.54) is 18.4 Å².